The van der Waals surface area contributed by atoms with Gasteiger partial charge in [0.15, 0.2) is 0 Å². The molecule has 1 atom stereocenters. The molecule has 0 aliphatic heterocycles. The van der Waals surface area contributed by atoms with E-state index >= 15 is 0 Å². The molecule has 29 heavy (non-hydrogen) atoms. The van der Waals surface area contributed by atoms with Crippen molar-refractivity contribution < 1.29 is 4.92 Å². The number of benzene rings is 3. The van der Waals surface area contributed by atoms with Crippen LogP contribution in [0.2, 0.25) is 10.0 Å². The Morgan fingerprint density at radius 2 is 1.69 bits per heavy atom. The van der Waals surface area contributed by atoms with Crippen molar-refractivity contribution in [3.63, 3.8) is 0 Å². The van der Waals surface area contributed by atoms with E-state index in [-0.39, 0.29) is 11.5 Å². The molecule has 6 heteroatoms. The third kappa shape index (κ3) is 3.61. The Morgan fingerprint density at radius 1 is 1.00 bits per heavy atom. The highest BCUT2D eigenvalue weighted by molar-refractivity contribution is 6.35. The first kappa shape index (κ1) is 19.5. The van der Waals surface area contributed by atoms with E-state index in [1.165, 1.54) is 0 Å². The Balaban J connectivity index is 2.07. The maximum atomic E-state index is 11.7. The van der Waals surface area contributed by atoms with Crippen molar-refractivity contribution in [2.45, 2.75) is 5.92 Å². The monoisotopic (exact) mass is 424 g/mol. The molecule has 1 heterocycles. The van der Waals surface area contributed by atoms with Gasteiger partial charge in [-0.25, -0.2) is 0 Å². The predicted octanol–water partition coefficient (Wildman–Crippen LogP) is 6.56. The summed E-state index contributed by atoms with van der Waals surface area (Å²) in [4.78, 5) is 11.4. The molecule has 146 valence electrons. The molecule has 0 aliphatic carbocycles. The Bertz CT molecular complexity index is 1200. The van der Waals surface area contributed by atoms with Crippen LogP contribution in [0.3, 0.4) is 0 Å². The lowest BCUT2D eigenvalue weighted by atomic mass is 9.87. The fourth-order valence-electron chi connectivity index (χ4n) is 4.00. The van der Waals surface area contributed by atoms with E-state index in [1.807, 2.05) is 61.6 Å². The molecule has 0 bridgehead atoms. The topological polar surface area (TPSA) is 48.1 Å². The van der Waals surface area contributed by atoms with E-state index in [0.29, 0.717) is 15.6 Å². The van der Waals surface area contributed by atoms with Crippen molar-refractivity contribution in [2.24, 2.45) is 7.05 Å². The molecule has 4 nitrogen and oxygen atoms in total. The third-order valence-electron chi connectivity index (χ3n) is 5.21. The maximum absolute atomic E-state index is 11.7. The van der Waals surface area contributed by atoms with Gasteiger partial charge in [-0.3, -0.25) is 10.1 Å². The fourth-order valence-corrected chi connectivity index (χ4v) is 4.54. The summed E-state index contributed by atoms with van der Waals surface area (Å²) in [5.74, 6) is -0.518. The maximum Gasteiger partial charge on any atom is 0.214 e. The summed E-state index contributed by atoms with van der Waals surface area (Å²) >= 11 is 12.6. The summed E-state index contributed by atoms with van der Waals surface area (Å²) in [5.41, 5.74) is 4.56. The lowest BCUT2D eigenvalue weighted by Gasteiger charge is -2.18. The van der Waals surface area contributed by atoms with Gasteiger partial charge in [-0.2, -0.15) is 0 Å². The van der Waals surface area contributed by atoms with E-state index in [0.717, 1.165) is 27.7 Å². The highest BCUT2D eigenvalue weighted by Gasteiger charge is 2.30. The van der Waals surface area contributed by atoms with Crippen LogP contribution in [0.15, 0.2) is 72.8 Å². The van der Waals surface area contributed by atoms with E-state index in [4.69, 9.17) is 23.2 Å². The lowest BCUT2D eigenvalue weighted by Crippen LogP contribution is -2.15. The smallest absolute Gasteiger partial charge is 0.214 e. The summed E-state index contributed by atoms with van der Waals surface area (Å²) in [6, 6.07) is 23.0. The van der Waals surface area contributed by atoms with Crippen LogP contribution in [0.4, 0.5) is 0 Å². The number of hydrogen-bond donors (Lipinski definition) is 0. The van der Waals surface area contributed by atoms with Crippen LogP contribution < -0.4 is 0 Å². The number of aryl methyl sites for hydroxylation is 1. The highest BCUT2D eigenvalue weighted by atomic mass is 35.5. The van der Waals surface area contributed by atoms with Gasteiger partial charge in [0.2, 0.25) is 6.54 Å². The minimum atomic E-state index is -0.518. The Labute approximate surface area is 178 Å². The molecule has 1 aromatic heterocycles. The van der Waals surface area contributed by atoms with Crippen molar-refractivity contribution >= 4 is 34.1 Å². The van der Waals surface area contributed by atoms with Crippen molar-refractivity contribution in [3.8, 4) is 11.3 Å². The second kappa shape index (κ2) is 7.90. The van der Waals surface area contributed by atoms with Crippen molar-refractivity contribution in [2.75, 3.05) is 6.54 Å². The fraction of sp³-hybridized carbons (Fsp3) is 0.130. The van der Waals surface area contributed by atoms with Crippen LogP contribution in [0.25, 0.3) is 22.2 Å². The normalized spacial score (nSPS) is 12.2. The molecule has 0 spiro atoms. The van der Waals surface area contributed by atoms with E-state index in [1.54, 1.807) is 18.2 Å². The number of rotatable bonds is 5. The number of halogens is 2. The van der Waals surface area contributed by atoms with Crippen molar-refractivity contribution in [1.82, 2.24) is 4.57 Å². The molecule has 0 saturated heterocycles. The minimum absolute atomic E-state index is 0.269. The quantitative estimate of drug-likeness (QED) is 0.269. The van der Waals surface area contributed by atoms with Gasteiger partial charge in [0.05, 0.1) is 11.6 Å². The molecule has 4 aromatic rings. The average Bonchev–Trinajstić information content (AvgIpc) is 3.00. The minimum Gasteiger partial charge on any atom is -0.343 e. The van der Waals surface area contributed by atoms with Crippen LogP contribution in [0, 0.1) is 10.1 Å². The molecule has 0 saturated carbocycles. The van der Waals surface area contributed by atoms with Gasteiger partial charge in [0.1, 0.15) is 0 Å². The Morgan fingerprint density at radius 3 is 2.38 bits per heavy atom. The summed E-state index contributed by atoms with van der Waals surface area (Å²) in [5, 5.41) is 13.6. The molecular weight excluding hydrogens is 407 g/mol. The van der Waals surface area contributed by atoms with Crippen molar-refractivity contribution in [3.05, 3.63) is 104 Å². The van der Waals surface area contributed by atoms with Crippen LogP contribution in [-0.4, -0.2) is 16.0 Å². The zero-order valence-corrected chi connectivity index (χ0v) is 17.2. The molecule has 3 aromatic carbocycles. The first-order chi connectivity index (χ1) is 14.0. The summed E-state index contributed by atoms with van der Waals surface area (Å²) < 4.78 is 2.09. The second-order valence-electron chi connectivity index (χ2n) is 6.94. The first-order valence-electron chi connectivity index (χ1n) is 9.17. The van der Waals surface area contributed by atoms with E-state index in [9.17, 15) is 10.1 Å². The van der Waals surface area contributed by atoms with E-state index < -0.39 is 5.92 Å². The summed E-state index contributed by atoms with van der Waals surface area (Å²) in [6.45, 7) is -0.269. The first-order valence-corrected chi connectivity index (χ1v) is 9.92. The van der Waals surface area contributed by atoms with Gasteiger partial charge in [0, 0.05) is 32.9 Å². The van der Waals surface area contributed by atoms with Gasteiger partial charge in [0.25, 0.3) is 0 Å². The van der Waals surface area contributed by atoms with E-state index in [2.05, 4.69) is 4.57 Å². The number of nitrogens with zero attached hydrogens (tertiary/aromatic N) is 2. The zero-order valence-electron chi connectivity index (χ0n) is 15.7. The molecule has 0 N–H and O–H groups in total. The number of hydrogen-bond acceptors (Lipinski definition) is 2. The number of aromatic nitrogens is 1. The molecule has 4 rings (SSSR count). The average molecular weight is 425 g/mol. The Kier molecular flexibility index (Phi) is 5.31. The zero-order chi connectivity index (χ0) is 20.5. The van der Waals surface area contributed by atoms with Crippen LogP contribution in [0.1, 0.15) is 17.0 Å². The van der Waals surface area contributed by atoms with Gasteiger partial charge in [-0.1, -0.05) is 77.8 Å². The molecule has 0 fully saturated rings. The standard InChI is InChI=1S/C23H18Cl2N2O2/c1-26-21-10-6-5-9-18(21)22(23(26)15-7-3-2-4-8-15)19(14-27(28)29)17-12-11-16(24)13-20(17)25/h2-13,19H,14H2,1H3. The molecule has 1 unspecified atom stereocenters. The van der Waals surface area contributed by atoms with Crippen molar-refractivity contribution in [1.29, 1.82) is 0 Å². The molecule has 0 radical (unpaired) electrons. The lowest BCUT2D eigenvalue weighted by molar-refractivity contribution is -0.481. The second-order valence-corrected chi connectivity index (χ2v) is 7.78. The van der Waals surface area contributed by atoms with Crippen LogP contribution >= 0.6 is 23.2 Å². The molecule has 0 amide bonds. The van der Waals surface area contributed by atoms with Gasteiger partial charge >= 0.3 is 0 Å². The molecule has 0 aliphatic rings. The number of fused-ring (bicyclic) bond motifs is 1. The number of para-hydroxylation sites is 1. The van der Waals surface area contributed by atoms with Gasteiger partial charge in [-0.15, -0.1) is 0 Å². The van der Waals surface area contributed by atoms with Crippen LogP contribution in [0.5, 0.6) is 0 Å². The van der Waals surface area contributed by atoms with Crippen LogP contribution in [-0.2, 0) is 7.05 Å². The largest absolute Gasteiger partial charge is 0.343 e. The summed E-state index contributed by atoms with van der Waals surface area (Å²) in [7, 11) is 1.99. The predicted molar refractivity (Wildman–Crippen MR) is 119 cm³/mol. The number of nitro groups is 1. The summed E-state index contributed by atoms with van der Waals surface area (Å²) in [6.07, 6.45) is 0. The third-order valence-corrected chi connectivity index (χ3v) is 5.77. The van der Waals surface area contributed by atoms with Gasteiger partial charge < -0.3 is 4.57 Å². The SMILES string of the molecule is Cn1c(-c2ccccc2)c(C(C[N+](=O)[O-])c2ccc(Cl)cc2Cl)c2ccccc21. The Hall–Kier alpha value is -2.82. The van der Waals surface area contributed by atoms with Gasteiger partial charge in [-0.05, 0) is 34.9 Å². The highest BCUT2D eigenvalue weighted by Crippen LogP contribution is 2.42. The molecular formula is C23H18Cl2N2O2.